The van der Waals surface area contributed by atoms with Crippen LogP contribution in [-0.4, -0.2) is 48.3 Å². The first kappa shape index (κ1) is 12.8. The molecule has 1 heterocycles. The molecule has 4 nitrogen and oxygen atoms in total. The van der Waals surface area contributed by atoms with E-state index in [9.17, 15) is 9.90 Å². The van der Waals surface area contributed by atoms with Gasteiger partial charge in [0, 0.05) is 32.7 Å². The summed E-state index contributed by atoms with van der Waals surface area (Å²) in [5, 5.41) is 10.3. The van der Waals surface area contributed by atoms with Crippen molar-refractivity contribution in [1.82, 2.24) is 4.90 Å². The standard InChI is InChI=1S/C13H23NO3/c1-14(10-13(16)6-2-3-7-13)12(15)11-4-8-17-9-5-11/h11,16H,2-10H2,1H3. The molecule has 1 amide bonds. The number of amides is 1. The van der Waals surface area contributed by atoms with E-state index < -0.39 is 5.60 Å². The molecule has 1 saturated heterocycles. The maximum atomic E-state index is 12.2. The number of nitrogens with zero attached hydrogens (tertiary/aromatic N) is 1. The van der Waals surface area contributed by atoms with Crippen LogP contribution in [0.2, 0.25) is 0 Å². The number of ether oxygens (including phenoxy) is 1. The minimum atomic E-state index is -0.629. The molecule has 2 aliphatic rings. The van der Waals surface area contributed by atoms with Gasteiger partial charge in [0.1, 0.15) is 0 Å². The van der Waals surface area contributed by atoms with Crippen molar-refractivity contribution < 1.29 is 14.6 Å². The third kappa shape index (κ3) is 3.19. The molecular weight excluding hydrogens is 218 g/mol. The van der Waals surface area contributed by atoms with E-state index in [1.807, 2.05) is 7.05 Å². The van der Waals surface area contributed by atoms with E-state index in [4.69, 9.17) is 4.74 Å². The number of hydrogen-bond acceptors (Lipinski definition) is 3. The van der Waals surface area contributed by atoms with Crippen LogP contribution in [-0.2, 0) is 9.53 Å². The number of likely N-dealkylation sites (N-methyl/N-ethyl adjacent to an activating group) is 1. The van der Waals surface area contributed by atoms with E-state index in [0.29, 0.717) is 19.8 Å². The topological polar surface area (TPSA) is 49.8 Å². The van der Waals surface area contributed by atoms with Crippen molar-refractivity contribution in [2.75, 3.05) is 26.8 Å². The molecule has 1 aliphatic heterocycles. The second kappa shape index (κ2) is 5.36. The zero-order valence-corrected chi connectivity index (χ0v) is 10.7. The second-order valence-electron chi connectivity index (χ2n) is 5.51. The van der Waals surface area contributed by atoms with Crippen LogP contribution in [0, 0.1) is 5.92 Å². The van der Waals surface area contributed by atoms with Gasteiger partial charge in [-0.15, -0.1) is 0 Å². The van der Waals surface area contributed by atoms with Crippen LogP contribution in [0.3, 0.4) is 0 Å². The van der Waals surface area contributed by atoms with Gasteiger partial charge in [0.05, 0.1) is 5.60 Å². The van der Waals surface area contributed by atoms with Gasteiger partial charge in [0.15, 0.2) is 0 Å². The van der Waals surface area contributed by atoms with Crippen LogP contribution >= 0.6 is 0 Å². The molecule has 1 saturated carbocycles. The molecule has 4 heteroatoms. The molecule has 0 aromatic carbocycles. The predicted molar refractivity (Wildman–Crippen MR) is 64.6 cm³/mol. The molecular formula is C13H23NO3. The summed E-state index contributed by atoms with van der Waals surface area (Å²) >= 11 is 0. The highest BCUT2D eigenvalue weighted by molar-refractivity contribution is 5.78. The summed E-state index contributed by atoms with van der Waals surface area (Å²) in [6, 6.07) is 0. The Kier molecular flexibility index (Phi) is 4.05. The molecule has 0 atom stereocenters. The quantitative estimate of drug-likeness (QED) is 0.807. The van der Waals surface area contributed by atoms with Crippen molar-refractivity contribution in [1.29, 1.82) is 0 Å². The van der Waals surface area contributed by atoms with Crippen molar-refractivity contribution in [2.24, 2.45) is 5.92 Å². The van der Waals surface area contributed by atoms with Gasteiger partial charge in [0.2, 0.25) is 5.91 Å². The first-order valence-corrected chi connectivity index (χ1v) is 6.66. The number of carbonyl (C=O) groups excluding carboxylic acids is 1. The average molecular weight is 241 g/mol. The Morgan fingerprint density at radius 3 is 2.53 bits per heavy atom. The van der Waals surface area contributed by atoms with Crippen LogP contribution in [0.5, 0.6) is 0 Å². The zero-order chi connectivity index (χ0) is 12.3. The van der Waals surface area contributed by atoms with Crippen molar-refractivity contribution in [3.8, 4) is 0 Å². The Balaban J connectivity index is 1.85. The first-order valence-electron chi connectivity index (χ1n) is 6.66. The fourth-order valence-electron chi connectivity index (χ4n) is 2.97. The van der Waals surface area contributed by atoms with Crippen molar-refractivity contribution in [2.45, 2.75) is 44.1 Å². The Labute approximate surface area is 103 Å². The summed E-state index contributed by atoms with van der Waals surface area (Å²) < 4.78 is 5.26. The Hall–Kier alpha value is -0.610. The van der Waals surface area contributed by atoms with Crippen molar-refractivity contribution in [3.05, 3.63) is 0 Å². The number of carbonyl (C=O) groups is 1. The van der Waals surface area contributed by atoms with E-state index in [1.165, 1.54) is 0 Å². The fourth-order valence-corrected chi connectivity index (χ4v) is 2.97. The van der Waals surface area contributed by atoms with Gasteiger partial charge in [-0.2, -0.15) is 0 Å². The molecule has 0 radical (unpaired) electrons. The first-order chi connectivity index (χ1) is 8.11. The molecule has 0 aromatic heterocycles. The molecule has 1 N–H and O–H groups in total. The van der Waals surface area contributed by atoms with E-state index >= 15 is 0 Å². The van der Waals surface area contributed by atoms with E-state index in [1.54, 1.807) is 4.90 Å². The highest BCUT2D eigenvalue weighted by Crippen LogP contribution is 2.30. The largest absolute Gasteiger partial charge is 0.388 e. The van der Waals surface area contributed by atoms with Gasteiger partial charge < -0.3 is 14.7 Å². The van der Waals surface area contributed by atoms with Crippen LogP contribution < -0.4 is 0 Å². The van der Waals surface area contributed by atoms with Crippen LogP contribution in [0.1, 0.15) is 38.5 Å². The second-order valence-corrected chi connectivity index (χ2v) is 5.51. The fraction of sp³-hybridized carbons (Fsp3) is 0.923. The van der Waals surface area contributed by atoms with Gasteiger partial charge in [0.25, 0.3) is 0 Å². The van der Waals surface area contributed by atoms with Gasteiger partial charge in [-0.05, 0) is 25.7 Å². The van der Waals surface area contributed by atoms with Crippen LogP contribution in [0.15, 0.2) is 0 Å². The number of rotatable bonds is 3. The lowest BCUT2D eigenvalue weighted by molar-refractivity contribution is -0.140. The minimum absolute atomic E-state index is 0.0961. The van der Waals surface area contributed by atoms with Gasteiger partial charge in [-0.1, -0.05) is 12.8 Å². The summed E-state index contributed by atoms with van der Waals surface area (Å²) in [6.07, 6.45) is 5.46. The molecule has 1 aliphatic carbocycles. The normalized spacial score (nSPS) is 24.8. The number of aliphatic hydroxyl groups is 1. The molecule has 0 bridgehead atoms. The lowest BCUT2D eigenvalue weighted by Crippen LogP contribution is -2.45. The molecule has 0 unspecified atom stereocenters. The maximum Gasteiger partial charge on any atom is 0.225 e. The van der Waals surface area contributed by atoms with E-state index in [-0.39, 0.29) is 11.8 Å². The highest BCUT2D eigenvalue weighted by Gasteiger charge is 2.35. The Morgan fingerprint density at radius 2 is 1.94 bits per heavy atom. The summed E-state index contributed by atoms with van der Waals surface area (Å²) in [4.78, 5) is 13.9. The monoisotopic (exact) mass is 241 g/mol. The van der Waals surface area contributed by atoms with Crippen molar-refractivity contribution >= 4 is 5.91 Å². The SMILES string of the molecule is CN(CC1(O)CCCC1)C(=O)C1CCOCC1. The zero-order valence-electron chi connectivity index (χ0n) is 10.7. The molecule has 0 spiro atoms. The van der Waals surface area contributed by atoms with Crippen LogP contribution in [0.25, 0.3) is 0 Å². The van der Waals surface area contributed by atoms with Gasteiger partial charge >= 0.3 is 0 Å². The Bertz CT molecular complexity index is 268. The average Bonchev–Trinajstić information content (AvgIpc) is 2.76. The summed E-state index contributed by atoms with van der Waals surface area (Å²) in [5.41, 5.74) is -0.629. The van der Waals surface area contributed by atoms with Crippen LogP contribution in [0.4, 0.5) is 0 Å². The third-order valence-corrected chi connectivity index (χ3v) is 4.01. The predicted octanol–water partition coefficient (Wildman–Crippen LogP) is 1.18. The molecule has 0 aromatic rings. The minimum Gasteiger partial charge on any atom is -0.388 e. The summed E-state index contributed by atoms with van der Waals surface area (Å²) in [5.74, 6) is 0.271. The molecule has 17 heavy (non-hydrogen) atoms. The number of hydrogen-bond donors (Lipinski definition) is 1. The molecule has 2 rings (SSSR count). The lowest BCUT2D eigenvalue weighted by Gasteiger charge is -2.32. The third-order valence-electron chi connectivity index (χ3n) is 4.01. The van der Waals surface area contributed by atoms with Gasteiger partial charge in [-0.3, -0.25) is 4.79 Å². The van der Waals surface area contributed by atoms with E-state index in [2.05, 4.69) is 0 Å². The molecule has 98 valence electrons. The van der Waals surface area contributed by atoms with Gasteiger partial charge in [-0.25, -0.2) is 0 Å². The molecule has 2 fully saturated rings. The highest BCUT2D eigenvalue weighted by atomic mass is 16.5. The summed E-state index contributed by atoms with van der Waals surface area (Å²) in [7, 11) is 1.81. The Morgan fingerprint density at radius 1 is 1.35 bits per heavy atom. The van der Waals surface area contributed by atoms with E-state index in [0.717, 1.165) is 38.5 Å². The summed E-state index contributed by atoms with van der Waals surface area (Å²) in [6.45, 7) is 1.87. The lowest BCUT2D eigenvalue weighted by atomic mass is 9.97. The smallest absolute Gasteiger partial charge is 0.225 e. The van der Waals surface area contributed by atoms with Crippen molar-refractivity contribution in [3.63, 3.8) is 0 Å². The maximum absolute atomic E-state index is 12.2.